The van der Waals surface area contributed by atoms with Crippen molar-refractivity contribution in [2.45, 2.75) is 6.42 Å². The number of nitrogens with one attached hydrogen (secondary N) is 1. The number of primary sulfonamides is 1. The van der Waals surface area contributed by atoms with Gasteiger partial charge >= 0.3 is 0 Å². The van der Waals surface area contributed by atoms with E-state index in [1.54, 1.807) is 6.20 Å². The van der Waals surface area contributed by atoms with Crippen LogP contribution in [0.2, 0.25) is 0 Å². The van der Waals surface area contributed by atoms with Crippen molar-refractivity contribution in [2.75, 3.05) is 17.2 Å². The number of hydrogen-bond donors (Lipinski definition) is 2. The molecule has 3 rings (SSSR count). The van der Waals surface area contributed by atoms with Gasteiger partial charge in [0.15, 0.2) is 0 Å². The Morgan fingerprint density at radius 3 is 2.78 bits per heavy atom. The topological polar surface area (TPSA) is 109 Å². The first-order valence-corrected chi connectivity index (χ1v) is 9.45. The van der Waals surface area contributed by atoms with E-state index in [2.05, 4.69) is 26.1 Å². The van der Waals surface area contributed by atoms with Crippen LogP contribution in [0, 0.1) is 5.92 Å². The molecule has 3 N–H and O–H groups in total. The zero-order valence-corrected chi connectivity index (χ0v) is 14.5. The van der Waals surface area contributed by atoms with E-state index in [1.807, 2.05) is 24.3 Å². The smallest absolute Gasteiger partial charge is 0.228 e. The number of carbonyl (C=O) groups excluding carboxylic acids is 1. The highest BCUT2D eigenvalue weighted by Crippen LogP contribution is 2.36. The van der Waals surface area contributed by atoms with Crippen LogP contribution in [0.5, 0.6) is 0 Å². The van der Waals surface area contributed by atoms with Gasteiger partial charge in [-0.3, -0.25) is 14.8 Å². The SMILES string of the molecule is NS(=O)(=O)CC1CC(=O)N(c2[nH]ncc2-c2ccccc2Br)C1. The predicted octanol–water partition coefficient (Wildman–Crippen LogP) is 1.48. The number of sulfonamides is 1. The summed E-state index contributed by atoms with van der Waals surface area (Å²) < 4.78 is 23.4. The van der Waals surface area contributed by atoms with Gasteiger partial charge in [-0.25, -0.2) is 13.6 Å². The second-order valence-electron chi connectivity index (χ2n) is 5.52. The van der Waals surface area contributed by atoms with Crippen LogP contribution in [0.15, 0.2) is 34.9 Å². The van der Waals surface area contributed by atoms with Crippen molar-refractivity contribution in [3.05, 3.63) is 34.9 Å². The number of aromatic amines is 1. The van der Waals surface area contributed by atoms with Crippen molar-refractivity contribution in [1.29, 1.82) is 0 Å². The van der Waals surface area contributed by atoms with Crippen LogP contribution in [0.3, 0.4) is 0 Å². The van der Waals surface area contributed by atoms with Gasteiger partial charge in [0.05, 0.1) is 11.9 Å². The molecule has 1 aromatic carbocycles. The summed E-state index contributed by atoms with van der Waals surface area (Å²) in [5, 5.41) is 12.0. The number of carbonyl (C=O) groups is 1. The van der Waals surface area contributed by atoms with E-state index in [-0.39, 0.29) is 24.0 Å². The van der Waals surface area contributed by atoms with Crippen LogP contribution >= 0.6 is 15.9 Å². The highest BCUT2D eigenvalue weighted by Gasteiger charge is 2.34. The van der Waals surface area contributed by atoms with Crippen molar-refractivity contribution in [3.8, 4) is 11.1 Å². The molecule has 9 heteroatoms. The zero-order valence-electron chi connectivity index (χ0n) is 12.1. The molecule has 0 bridgehead atoms. The van der Waals surface area contributed by atoms with Crippen molar-refractivity contribution in [2.24, 2.45) is 11.1 Å². The Morgan fingerprint density at radius 2 is 2.09 bits per heavy atom. The molecule has 1 aliphatic heterocycles. The maximum absolute atomic E-state index is 12.3. The molecule has 1 fully saturated rings. The number of halogens is 1. The lowest BCUT2D eigenvalue weighted by Crippen LogP contribution is -2.28. The summed E-state index contributed by atoms with van der Waals surface area (Å²) in [6.07, 6.45) is 1.81. The molecule has 1 amide bonds. The van der Waals surface area contributed by atoms with Gasteiger partial charge in [-0.2, -0.15) is 5.10 Å². The number of rotatable bonds is 4. The first-order chi connectivity index (χ1) is 10.8. The predicted molar refractivity (Wildman–Crippen MR) is 90.2 cm³/mol. The van der Waals surface area contributed by atoms with E-state index in [1.165, 1.54) is 4.90 Å². The normalized spacial score (nSPS) is 18.6. The van der Waals surface area contributed by atoms with E-state index in [0.717, 1.165) is 15.6 Å². The first-order valence-electron chi connectivity index (χ1n) is 6.94. The van der Waals surface area contributed by atoms with Gasteiger partial charge in [-0.05, 0) is 6.07 Å². The monoisotopic (exact) mass is 398 g/mol. The standard InChI is InChI=1S/C14H15BrN4O3S/c15-12-4-2-1-3-10(12)11-6-17-18-14(11)19-7-9(5-13(19)20)8-23(16,21)22/h1-4,6,9H,5,7-8H2,(H,17,18)(H2,16,21,22). The minimum absolute atomic E-state index is 0.142. The van der Waals surface area contributed by atoms with Crippen molar-refractivity contribution in [3.63, 3.8) is 0 Å². The molecule has 1 atom stereocenters. The van der Waals surface area contributed by atoms with Crippen LogP contribution in [-0.2, 0) is 14.8 Å². The van der Waals surface area contributed by atoms with Crippen LogP contribution < -0.4 is 10.0 Å². The number of aromatic nitrogens is 2. The van der Waals surface area contributed by atoms with Crippen LogP contribution in [-0.4, -0.2) is 36.8 Å². The minimum atomic E-state index is -3.60. The summed E-state index contributed by atoms with van der Waals surface area (Å²) in [5.74, 6) is -0.0869. The highest BCUT2D eigenvalue weighted by atomic mass is 79.9. The fourth-order valence-corrected chi connectivity index (χ4v) is 4.18. The van der Waals surface area contributed by atoms with Crippen molar-refractivity contribution < 1.29 is 13.2 Å². The third kappa shape index (κ3) is 3.46. The fourth-order valence-electron chi connectivity index (χ4n) is 2.80. The van der Waals surface area contributed by atoms with E-state index in [0.29, 0.717) is 12.4 Å². The Bertz CT molecular complexity index is 849. The molecule has 2 heterocycles. The Labute approximate surface area is 142 Å². The lowest BCUT2D eigenvalue weighted by molar-refractivity contribution is -0.117. The number of nitrogens with two attached hydrogens (primary N) is 1. The van der Waals surface area contributed by atoms with Gasteiger partial charge in [0.2, 0.25) is 15.9 Å². The molecule has 0 saturated carbocycles. The van der Waals surface area contributed by atoms with E-state index in [4.69, 9.17) is 5.14 Å². The maximum Gasteiger partial charge on any atom is 0.228 e. The van der Waals surface area contributed by atoms with Crippen molar-refractivity contribution >= 4 is 37.7 Å². The molecular formula is C14H15BrN4O3S. The average molecular weight is 399 g/mol. The number of H-pyrrole nitrogens is 1. The molecule has 0 aliphatic carbocycles. The van der Waals surface area contributed by atoms with Gasteiger partial charge in [0.25, 0.3) is 0 Å². The van der Waals surface area contributed by atoms with Gasteiger partial charge < -0.3 is 0 Å². The molecule has 0 radical (unpaired) electrons. The number of amides is 1. The molecule has 122 valence electrons. The molecule has 1 aromatic heterocycles. The molecule has 23 heavy (non-hydrogen) atoms. The first kappa shape index (κ1) is 16.2. The van der Waals surface area contributed by atoms with Crippen molar-refractivity contribution in [1.82, 2.24) is 10.2 Å². The summed E-state index contributed by atoms with van der Waals surface area (Å²) in [5.41, 5.74) is 1.68. The van der Waals surface area contributed by atoms with Gasteiger partial charge in [0, 0.05) is 34.5 Å². The largest absolute Gasteiger partial charge is 0.296 e. The van der Waals surface area contributed by atoms with Crippen LogP contribution in [0.4, 0.5) is 5.82 Å². The van der Waals surface area contributed by atoms with Gasteiger partial charge in [-0.1, -0.05) is 34.1 Å². The number of nitrogens with zero attached hydrogens (tertiary/aromatic N) is 2. The highest BCUT2D eigenvalue weighted by molar-refractivity contribution is 9.10. The van der Waals surface area contributed by atoms with E-state index in [9.17, 15) is 13.2 Å². The molecule has 1 unspecified atom stereocenters. The van der Waals surface area contributed by atoms with Gasteiger partial charge in [-0.15, -0.1) is 0 Å². The maximum atomic E-state index is 12.3. The Hall–Kier alpha value is -1.71. The minimum Gasteiger partial charge on any atom is -0.296 e. The summed E-state index contributed by atoms with van der Waals surface area (Å²) in [4.78, 5) is 13.8. The molecule has 7 nitrogen and oxygen atoms in total. The summed E-state index contributed by atoms with van der Waals surface area (Å²) in [6.45, 7) is 0.301. The lowest BCUT2D eigenvalue weighted by atomic mass is 10.1. The van der Waals surface area contributed by atoms with Gasteiger partial charge in [0.1, 0.15) is 5.82 Å². The number of benzene rings is 1. The molecule has 2 aromatic rings. The van der Waals surface area contributed by atoms with E-state index < -0.39 is 10.0 Å². The van der Waals surface area contributed by atoms with Crippen LogP contribution in [0.25, 0.3) is 11.1 Å². The summed E-state index contributed by atoms with van der Waals surface area (Å²) in [7, 11) is -3.60. The Balaban J connectivity index is 1.91. The average Bonchev–Trinajstić information content (AvgIpc) is 3.04. The second-order valence-corrected chi connectivity index (χ2v) is 8.03. The van der Waals surface area contributed by atoms with Crippen LogP contribution in [0.1, 0.15) is 6.42 Å². The quantitative estimate of drug-likeness (QED) is 0.812. The second kappa shape index (κ2) is 6.06. The Morgan fingerprint density at radius 1 is 1.35 bits per heavy atom. The third-order valence-electron chi connectivity index (χ3n) is 3.73. The summed E-state index contributed by atoms with van der Waals surface area (Å²) >= 11 is 3.49. The fraction of sp³-hybridized carbons (Fsp3) is 0.286. The number of hydrogen-bond acceptors (Lipinski definition) is 4. The molecule has 1 aliphatic rings. The third-order valence-corrected chi connectivity index (χ3v) is 5.35. The van der Waals surface area contributed by atoms with E-state index >= 15 is 0 Å². The lowest BCUT2D eigenvalue weighted by Gasteiger charge is -2.17. The zero-order chi connectivity index (χ0) is 16.6. The number of anilines is 1. The Kier molecular flexibility index (Phi) is 4.26. The molecule has 0 spiro atoms. The molecule has 1 saturated heterocycles. The molecular weight excluding hydrogens is 384 g/mol. The summed E-state index contributed by atoms with van der Waals surface area (Å²) in [6, 6.07) is 7.62.